The summed E-state index contributed by atoms with van der Waals surface area (Å²) in [5.41, 5.74) is 5.26. The molecule has 0 radical (unpaired) electrons. The molecule has 27 heavy (non-hydrogen) atoms. The van der Waals surface area contributed by atoms with Crippen LogP contribution in [0.15, 0.2) is 42.5 Å². The number of rotatable bonds is 6. The van der Waals surface area contributed by atoms with Crippen molar-refractivity contribution in [3.8, 4) is 11.1 Å². The molecule has 0 heterocycles. The molecule has 0 N–H and O–H groups in total. The summed E-state index contributed by atoms with van der Waals surface area (Å²) in [6.45, 7) is 4.39. The summed E-state index contributed by atoms with van der Waals surface area (Å²) in [6.07, 6.45) is 12.9. The Bertz CT molecular complexity index is 779. The Kier molecular flexibility index (Phi) is 5.14. The Morgan fingerprint density at radius 3 is 2.19 bits per heavy atom. The lowest BCUT2D eigenvalue weighted by Crippen LogP contribution is -2.44. The van der Waals surface area contributed by atoms with Crippen LogP contribution in [0.4, 0.5) is 4.39 Å². The molecule has 0 spiro atoms. The minimum atomic E-state index is -0.0675. The predicted molar refractivity (Wildman–Crippen MR) is 113 cm³/mol. The SMILES string of the molecule is CCCCC12CCC(c3ccccc3-c3ccc(CC)cc3F)(CC1)CC2. The Hall–Kier alpha value is -1.63. The topological polar surface area (TPSA) is 0 Å². The molecule has 144 valence electrons. The number of aryl methyl sites for hydroxylation is 1. The number of hydrogen-bond acceptors (Lipinski definition) is 0. The van der Waals surface area contributed by atoms with Crippen LogP contribution in [-0.4, -0.2) is 0 Å². The van der Waals surface area contributed by atoms with Crippen molar-refractivity contribution in [3.05, 3.63) is 59.4 Å². The fraction of sp³-hybridized carbons (Fsp3) is 0.538. The monoisotopic (exact) mass is 364 g/mol. The maximum Gasteiger partial charge on any atom is 0.131 e. The zero-order valence-electron chi connectivity index (χ0n) is 17.0. The van der Waals surface area contributed by atoms with Gasteiger partial charge in [0.05, 0.1) is 0 Å². The summed E-state index contributed by atoms with van der Waals surface area (Å²) in [4.78, 5) is 0. The number of halogens is 1. The molecule has 2 aromatic carbocycles. The van der Waals surface area contributed by atoms with Gasteiger partial charge in [-0.15, -0.1) is 0 Å². The van der Waals surface area contributed by atoms with Crippen molar-refractivity contribution < 1.29 is 4.39 Å². The van der Waals surface area contributed by atoms with E-state index in [2.05, 4.69) is 44.2 Å². The van der Waals surface area contributed by atoms with E-state index in [0.717, 1.165) is 23.1 Å². The summed E-state index contributed by atoms with van der Waals surface area (Å²) in [7, 11) is 0. The van der Waals surface area contributed by atoms with Crippen LogP contribution in [0.2, 0.25) is 0 Å². The van der Waals surface area contributed by atoms with Gasteiger partial charge in [-0.05, 0) is 85.0 Å². The van der Waals surface area contributed by atoms with Crippen molar-refractivity contribution in [2.75, 3.05) is 0 Å². The standard InChI is InChI=1S/C26H33F/c1-3-5-12-25-13-16-26(17-14-25,18-15-25)23-9-7-6-8-21(23)22-11-10-20(4-2)19-24(22)27/h6-11,19H,3-5,12-18H2,1-2H3. The second kappa shape index (κ2) is 7.41. The van der Waals surface area contributed by atoms with Gasteiger partial charge in [0.25, 0.3) is 0 Å². The molecule has 0 saturated heterocycles. The summed E-state index contributed by atoms with van der Waals surface area (Å²) in [6, 6.07) is 14.5. The predicted octanol–water partition coefficient (Wildman–Crippen LogP) is 7.84. The molecule has 3 aliphatic carbocycles. The average molecular weight is 365 g/mol. The van der Waals surface area contributed by atoms with Crippen LogP contribution >= 0.6 is 0 Å². The van der Waals surface area contributed by atoms with E-state index in [1.807, 2.05) is 6.07 Å². The molecule has 0 aliphatic heterocycles. The second-order valence-corrected chi connectivity index (χ2v) is 9.10. The highest BCUT2D eigenvalue weighted by Crippen LogP contribution is 2.60. The highest BCUT2D eigenvalue weighted by molar-refractivity contribution is 5.70. The van der Waals surface area contributed by atoms with Gasteiger partial charge in [-0.2, -0.15) is 0 Å². The summed E-state index contributed by atoms with van der Waals surface area (Å²) >= 11 is 0. The van der Waals surface area contributed by atoms with Gasteiger partial charge in [0.1, 0.15) is 5.82 Å². The number of hydrogen-bond donors (Lipinski definition) is 0. The van der Waals surface area contributed by atoms with Gasteiger partial charge in [0.2, 0.25) is 0 Å². The molecule has 3 saturated carbocycles. The fourth-order valence-corrected chi connectivity index (χ4v) is 5.77. The normalized spacial score (nSPS) is 27.1. The van der Waals surface area contributed by atoms with E-state index in [9.17, 15) is 4.39 Å². The summed E-state index contributed by atoms with van der Waals surface area (Å²) < 4.78 is 14.9. The van der Waals surface area contributed by atoms with Crippen molar-refractivity contribution in [2.24, 2.45) is 5.41 Å². The molecule has 1 heteroatoms. The third-order valence-electron chi connectivity index (χ3n) is 7.69. The molecular formula is C26H33F. The second-order valence-electron chi connectivity index (χ2n) is 9.10. The highest BCUT2D eigenvalue weighted by Gasteiger charge is 2.49. The molecule has 2 bridgehead atoms. The first kappa shape index (κ1) is 18.7. The van der Waals surface area contributed by atoms with E-state index in [1.54, 1.807) is 6.07 Å². The van der Waals surface area contributed by atoms with Crippen LogP contribution in [-0.2, 0) is 11.8 Å². The highest BCUT2D eigenvalue weighted by atomic mass is 19.1. The molecule has 0 atom stereocenters. The molecule has 2 aromatic rings. The van der Waals surface area contributed by atoms with Crippen molar-refractivity contribution in [3.63, 3.8) is 0 Å². The minimum absolute atomic E-state index is 0.0675. The maximum atomic E-state index is 14.9. The minimum Gasteiger partial charge on any atom is -0.206 e. The smallest absolute Gasteiger partial charge is 0.131 e. The van der Waals surface area contributed by atoms with E-state index in [-0.39, 0.29) is 11.2 Å². The van der Waals surface area contributed by atoms with E-state index in [0.29, 0.717) is 5.41 Å². The third kappa shape index (κ3) is 3.35. The largest absolute Gasteiger partial charge is 0.206 e. The van der Waals surface area contributed by atoms with Gasteiger partial charge in [-0.25, -0.2) is 4.39 Å². The van der Waals surface area contributed by atoms with Gasteiger partial charge in [0.15, 0.2) is 0 Å². The van der Waals surface area contributed by atoms with Crippen molar-refractivity contribution in [1.82, 2.24) is 0 Å². The average Bonchev–Trinajstić information content (AvgIpc) is 2.73. The Morgan fingerprint density at radius 1 is 0.852 bits per heavy atom. The molecule has 3 fully saturated rings. The van der Waals surface area contributed by atoms with E-state index < -0.39 is 0 Å². The number of fused-ring (bicyclic) bond motifs is 3. The van der Waals surface area contributed by atoms with Crippen LogP contribution < -0.4 is 0 Å². The lowest BCUT2D eigenvalue weighted by Gasteiger charge is -2.54. The molecule has 0 amide bonds. The third-order valence-corrected chi connectivity index (χ3v) is 7.69. The summed E-state index contributed by atoms with van der Waals surface area (Å²) in [5.74, 6) is -0.0675. The summed E-state index contributed by atoms with van der Waals surface area (Å²) in [5, 5.41) is 0. The van der Waals surface area contributed by atoms with Gasteiger partial charge < -0.3 is 0 Å². The quantitative estimate of drug-likeness (QED) is 0.490. The Balaban J connectivity index is 1.67. The van der Waals surface area contributed by atoms with Gasteiger partial charge >= 0.3 is 0 Å². The van der Waals surface area contributed by atoms with Crippen LogP contribution in [0.5, 0.6) is 0 Å². The molecule has 3 aliphatic rings. The fourth-order valence-electron chi connectivity index (χ4n) is 5.77. The van der Waals surface area contributed by atoms with Crippen LogP contribution in [0.25, 0.3) is 11.1 Å². The zero-order chi connectivity index (χ0) is 18.9. The lowest BCUT2D eigenvalue weighted by atomic mass is 9.50. The van der Waals surface area contributed by atoms with Crippen molar-refractivity contribution in [2.45, 2.75) is 83.5 Å². The van der Waals surface area contributed by atoms with Gasteiger partial charge in [-0.3, -0.25) is 0 Å². The molecule has 5 rings (SSSR count). The molecule has 0 aromatic heterocycles. The van der Waals surface area contributed by atoms with Crippen LogP contribution in [0, 0.1) is 11.2 Å². The van der Waals surface area contributed by atoms with E-state index >= 15 is 0 Å². The van der Waals surface area contributed by atoms with Gasteiger partial charge in [-0.1, -0.05) is 63.1 Å². The zero-order valence-corrected chi connectivity index (χ0v) is 17.0. The first-order valence-corrected chi connectivity index (χ1v) is 11.0. The molecule has 0 nitrogen and oxygen atoms in total. The van der Waals surface area contributed by atoms with Crippen molar-refractivity contribution >= 4 is 0 Å². The van der Waals surface area contributed by atoms with Crippen molar-refractivity contribution in [1.29, 1.82) is 0 Å². The van der Waals surface area contributed by atoms with Gasteiger partial charge in [0, 0.05) is 5.56 Å². The Morgan fingerprint density at radius 2 is 1.56 bits per heavy atom. The Labute approximate surface area is 164 Å². The van der Waals surface area contributed by atoms with Crippen LogP contribution in [0.3, 0.4) is 0 Å². The number of benzene rings is 2. The van der Waals surface area contributed by atoms with E-state index in [1.165, 1.54) is 63.4 Å². The molecular weight excluding hydrogens is 331 g/mol. The van der Waals surface area contributed by atoms with E-state index in [4.69, 9.17) is 0 Å². The number of unbranched alkanes of at least 4 members (excludes halogenated alkanes) is 1. The molecule has 0 unspecified atom stereocenters. The first-order valence-electron chi connectivity index (χ1n) is 11.0. The first-order chi connectivity index (χ1) is 13.1. The van der Waals surface area contributed by atoms with Crippen LogP contribution in [0.1, 0.15) is 82.8 Å². The maximum absolute atomic E-state index is 14.9. The lowest BCUT2D eigenvalue weighted by molar-refractivity contribution is 0.0311.